The molecule has 0 N–H and O–H groups in total. The van der Waals surface area contributed by atoms with Gasteiger partial charge >= 0.3 is 13.1 Å². The monoisotopic (exact) mass is 478 g/mol. The molecule has 1 heterocycles. The molecule has 31 heavy (non-hydrogen) atoms. The summed E-state index contributed by atoms with van der Waals surface area (Å²) in [6.07, 6.45) is 0. The maximum absolute atomic E-state index is 13.3. The van der Waals surface area contributed by atoms with Crippen molar-refractivity contribution in [1.82, 2.24) is 0 Å². The summed E-state index contributed by atoms with van der Waals surface area (Å²) in [6.45, 7) is 8.02. The minimum absolute atomic E-state index is 0.439. The third-order valence-electron chi connectivity index (χ3n) is 5.87. The Labute approximate surface area is 191 Å². The van der Waals surface area contributed by atoms with E-state index in [-0.39, 0.29) is 0 Å². The Hall–Kier alpha value is -2.41. The van der Waals surface area contributed by atoms with Gasteiger partial charge in [-0.05, 0) is 63.0 Å². The lowest BCUT2D eigenvalue weighted by Gasteiger charge is -2.32. The summed E-state index contributed by atoms with van der Waals surface area (Å²) in [5.74, 6) is 0.0489. The molecule has 3 aromatic rings. The molecule has 0 amide bonds. The van der Waals surface area contributed by atoms with Crippen LogP contribution in [-0.4, -0.2) is 24.3 Å². The number of carbonyl (C=O) groups is 1. The summed E-state index contributed by atoms with van der Waals surface area (Å²) in [4.78, 5) is 13.3. The van der Waals surface area contributed by atoms with Crippen LogP contribution in [-0.2, 0) is 9.31 Å². The Morgan fingerprint density at radius 2 is 1.42 bits per heavy atom. The number of ether oxygens (including phenoxy) is 1. The average molecular weight is 479 g/mol. The zero-order valence-corrected chi connectivity index (χ0v) is 19.6. The summed E-state index contributed by atoms with van der Waals surface area (Å²) >= 11 is 3.67. The molecule has 0 atom stereocenters. The molecule has 1 aliphatic rings. The number of benzene rings is 3. The largest absolute Gasteiger partial charge is 0.494 e. The molecule has 0 unspecified atom stereocenters. The summed E-state index contributed by atoms with van der Waals surface area (Å²) in [7, 11) is -0.589. The third kappa shape index (κ3) is 4.33. The van der Waals surface area contributed by atoms with E-state index in [0.717, 1.165) is 21.1 Å². The van der Waals surface area contributed by atoms with Gasteiger partial charge in [0.2, 0.25) is 0 Å². The Morgan fingerprint density at radius 1 is 0.871 bits per heavy atom. The number of hydrogen-bond acceptors (Lipinski definition) is 4. The normalized spacial score (nSPS) is 16.9. The number of carbonyl (C=O) groups excluding carboxylic acids is 1. The zero-order valence-electron chi connectivity index (χ0n) is 18.0. The second-order valence-electron chi connectivity index (χ2n) is 8.58. The highest BCUT2D eigenvalue weighted by Gasteiger charge is 2.52. The van der Waals surface area contributed by atoms with Gasteiger partial charge in [-0.25, -0.2) is 4.79 Å². The SMILES string of the molecule is CC1(C)OB(c2cc(Br)c(-c3ccccc3)c(C(=O)Oc3ccccc3)c2)OC1(C)C. The average Bonchev–Trinajstić information content (AvgIpc) is 2.96. The van der Waals surface area contributed by atoms with Crippen molar-refractivity contribution >= 4 is 34.5 Å². The lowest BCUT2D eigenvalue weighted by molar-refractivity contribution is 0.00578. The maximum Gasteiger partial charge on any atom is 0.494 e. The molecule has 0 aromatic heterocycles. The van der Waals surface area contributed by atoms with Crippen LogP contribution >= 0.6 is 15.9 Å². The number of esters is 1. The fourth-order valence-electron chi connectivity index (χ4n) is 3.45. The fraction of sp³-hybridized carbons (Fsp3) is 0.240. The minimum Gasteiger partial charge on any atom is -0.423 e. The molecule has 3 aromatic carbocycles. The maximum atomic E-state index is 13.3. The molecule has 6 heteroatoms. The molecule has 0 spiro atoms. The van der Waals surface area contributed by atoms with E-state index in [1.165, 1.54) is 0 Å². The van der Waals surface area contributed by atoms with Crippen LogP contribution in [0.4, 0.5) is 0 Å². The number of halogens is 1. The van der Waals surface area contributed by atoms with Gasteiger partial charge in [-0.1, -0.05) is 64.5 Å². The van der Waals surface area contributed by atoms with Crippen molar-refractivity contribution < 1.29 is 18.8 Å². The van der Waals surface area contributed by atoms with Crippen molar-refractivity contribution in [2.45, 2.75) is 38.9 Å². The van der Waals surface area contributed by atoms with Crippen molar-refractivity contribution in [2.75, 3.05) is 0 Å². The second-order valence-corrected chi connectivity index (χ2v) is 9.44. The van der Waals surface area contributed by atoms with Crippen LogP contribution in [0.2, 0.25) is 0 Å². The standard InChI is InChI=1S/C25H24BBrO4/c1-24(2)25(3,4)31-26(30-24)18-15-20(23(28)29-19-13-9-6-10-14-19)22(21(27)16-18)17-11-7-5-8-12-17/h5-16H,1-4H3. The highest BCUT2D eigenvalue weighted by molar-refractivity contribution is 9.10. The lowest BCUT2D eigenvalue weighted by Crippen LogP contribution is -2.41. The van der Waals surface area contributed by atoms with Crippen molar-refractivity contribution in [3.8, 4) is 16.9 Å². The summed E-state index contributed by atoms with van der Waals surface area (Å²) < 4.78 is 18.9. The van der Waals surface area contributed by atoms with Gasteiger partial charge in [0.25, 0.3) is 0 Å². The van der Waals surface area contributed by atoms with Gasteiger partial charge in [0, 0.05) is 10.0 Å². The molecular formula is C25H24BBrO4. The Morgan fingerprint density at radius 3 is 2.00 bits per heavy atom. The third-order valence-corrected chi connectivity index (χ3v) is 6.50. The summed E-state index contributed by atoms with van der Waals surface area (Å²) in [5, 5.41) is 0. The van der Waals surface area contributed by atoms with E-state index < -0.39 is 24.3 Å². The van der Waals surface area contributed by atoms with Crippen molar-refractivity contribution in [2.24, 2.45) is 0 Å². The van der Waals surface area contributed by atoms with E-state index in [1.54, 1.807) is 18.2 Å². The first-order valence-corrected chi connectivity index (χ1v) is 11.0. The van der Waals surface area contributed by atoms with E-state index >= 15 is 0 Å². The first kappa shape index (κ1) is 21.8. The van der Waals surface area contributed by atoms with E-state index in [0.29, 0.717) is 11.3 Å². The van der Waals surface area contributed by atoms with Crippen LogP contribution in [0, 0.1) is 0 Å². The molecule has 1 aliphatic heterocycles. The highest BCUT2D eigenvalue weighted by Crippen LogP contribution is 2.38. The topological polar surface area (TPSA) is 44.8 Å². The molecule has 1 fully saturated rings. The predicted octanol–water partition coefficient (Wildman–Crippen LogP) is 5.63. The Bertz CT molecular complexity index is 1080. The lowest BCUT2D eigenvalue weighted by atomic mass is 9.77. The molecule has 0 radical (unpaired) electrons. The van der Waals surface area contributed by atoms with E-state index in [9.17, 15) is 4.79 Å². The van der Waals surface area contributed by atoms with Crippen LogP contribution in [0.1, 0.15) is 38.1 Å². The van der Waals surface area contributed by atoms with Gasteiger partial charge in [0.15, 0.2) is 0 Å². The van der Waals surface area contributed by atoms with Crippen LogP contribution in [0.15, 0.2) is 77.3 Å². The van der Waals surface area contributed by atoms with Crippen LogP contribution < -0.4 is 10.2 Å². The number of para-hydroxylation sites is 1. The van der Waals surface area contributed by atoms with Crippen molar-refractivity contribution in [3.63, 3.8) is 0 Å². The number of rotatable bonds is 4. The minimum atomic E-state index is -0.589. The van der Waals surface area contributed by atoms with Gasteiger partial charge < -0.3 is 14.0 Å². The van der Waals surface area contributed by atoms with Crippen LogP contribution in [0.25, 0.3) is 11.1 Å². The fourth-order valence-corrected chi connectivity index (χ4v) is 4.16. The highest BCUT2D eigenvalue weighted by atomic mass is 79.9. The first-order valence-electron chi connectivity index (χ1n) is 10.2. The summed E-state index contributed by atoms with van der Waals surface area (Å²) in [5.41, 5.74) is 1.91. The van der Waals surface area contributed by atoms with Gasteiger partial charge in [-0.2, -0.15) is 0 Å². The molecule has 0 bridgehead atoms. The van der Waals surface area contributed by atoms with Gasteiger partial charge in [-0.3, -0.25) is 0 Å². The van der Waals surface area contributed by atoms with Crippen LogP contribution in [0.5, 0.6) is 5.75 Å². The Balaban J connectivity index is 1.79. The van der Waals surface area contributed by atoms with Crippen LogP contribution in [0.3, 0.4) is 0 Å². The quantitative estimate of drug-likeness (QED) is 0.276. The first-order chi connectivity index (χ1) is 14.7. The molecular weight excluding hydrogens is 455 g/mol. The van der Waals surface area contributed by atoms with Gasteiger partial charge in [-0.15, -0.1) is 0 Å². The molecule has 0 aliphatic carbocycles. The van der Waals surface area contributed by atoms with Crippen molar-refractivity contribution in [3.05, 3.63) is 82.8 Å². The molecule has 1 saturated heterocycles. The van der Waals surface area contributed by atoms with Gasteiger partial charge in [0.1, 0.15) is 5.75 Å². The van der Waals surface area contributed by atoms with E-state index in [1.807, 2.05) is 82.3 Å². The molecule has 158 valence electrons. The molecule has 0 saturated carbocycles. The smallest absolute Gasteiger partial charge is 0.423 e. The summed E-state index contributed by atoms with van der Waals surface area (Å²) in [6, 6.07) is 22.6. The van der Waals surface area contributed by atoms with E-state index in [4.69, 9.17) is 14.0 Å². The molecule has 4 nitrogen and oxygen atoms in total. The second kappa shape index (κ2) is 8.27. The predicted molar refractivity (Wildman–Crippen MR) is 127 cm³/mol. The Kier molecular flexibility index (Phi) is 5.82. The number of hydrogen-bond donors (Lipinski definition) is 0. The molecule has 4 rings (SSSR count). The van der Waals surface area contributed by atoms with Gasteiger partial charge in [0.05, 0.1) is 16.8 Å². The van der Waals surface area contributed by atoms with Crippen molar-refractivity contribution in [1.29, 1.82) is 0 Å². The zero-order chi connectivity index (χ0) is 22.2. The van der Waals surface area contributed by atoms with E-state index in [2.05, 4.69) is 15.9 Å².